The second-order valence-electron chi connectivity index (χ2n) is 6.23. The Morgan fingerprint density at radius 2 is 1.90 bits per heavy atom. The lowest BCUT2D eigenvalue weighted by molar-refractivity contribution is -0.112. The third-order valence-corrected chi connectivity index (χ3v) is 4.34. The van der Waals surface area contributed by atoms with Gasteiger partial charge in [-0.2, -0.15) is 5.26 Å². The number of carbonyl (C=O) groups is 1. The molecule has 30 heavy (non-hydrogen) atoms. The van der Waals surface area contributed by atoms with Crippen LogP contribution in [0.25, 0.3) is 6.08 Å². The van der Waals surface area contributed by atoms with Crippen LogP contribution in [0.5, 0.6) is 11.5 Å². The number of phenolic OH excluding ortho intramolecular Hbond substituents is 1. The van der Waals surface area contributed by atoms with Crippen LogP contribution in [-0.2, 0) is 11.4 Å². The van der Waals surface area contributed by atoms with Crippen molar-refractivity contribution in [1.82, 2.24) is 0 Å². The highest BCUT2D eigenvalue weighted by molar-refractivity contribution is 6.30. The molecule has 3 aromatic carbocycles. The smallest absolute Gasteiger partial charge is 0.266 e. The second-order valence-corrected chi connectivity index (χ2v) is 6.67. The van der Waals surface area contributed by atoms with E-state index in [1.54, 1.807) is 36.4 Å². The Labute approximate surface area is 177 Å². The van der Waals surface area contributed by atoms with Crippen LogP contribution in [0.4, 0.5) is 10.1 Å². The number of anilines is 1. The van der Waals surface area contributed by atoms with E-state index in [9.17, 15) is 19.6 Å². The van der Waals surface area contributed by atoms with Crippen LogP contribution in [0, 0.1) is 17.1 Å². The summed E-state index contributed by atoms with van der Waals surface area (Å²) < 4.78 is 19.5. The summed E-state index contributed by atoms with van der Waals surface area (Å²) >= 11 is 6.06. The summed E-state index contributed by atoms with van der Waals surface area (Å²) in [7, 11) is 0. The highest BCUT2D eigenvalue weighted by atomic mass is 35.5. The summed E-state index contributed by atoms with van der Waals surface area (Å²) in [4.78, 5) is 12.5. The zero-order chi connectivity index (χ0) is 21.5. The van der Waals surface area contributed by atoms with Gasteiger partial charge in [-0.3, -0.25) is 4.79 Å². The number of rotatable bonds is 6. The van der Waals surface area contributed by atoms with E-state index < -0.39 is 11.7 Å². The predicted molar refractivity (Wildman–Crippen MR) is 113 cm³/mol. The molecule has 0 heterocycles. The van der Waals surface area contributed by atoms with E-state index in [1.807, 2.05) is 6.07 Å². The second kappa shape index (κ2) is 9.59. The molecule has 7 heteroatoms. The van der Waals surface area contributed by atoms with E-state index in [2.05, 4.69) is 5.32 Å². The van der Waals surface area contributed by atoms with Gasteiger partial charge in [0.25, 0.3) is 5.91 Å². The maximum atomic E-state index is 13.8. The van der Waals surface area contributed by atoms with Gasteiger partial charge in [0.15, 0.2) is 0 Å². The molecule has 0 aliphatic rings. The van der Waals surface area contributed by atoms with Crippen LogP contribution in [-0.4, -0.2) is 11.0 Å². The molecule has 1 amide bonds. The summed E-state index contributed by atoms with van der Waals surface area (Å²) in [6.45, 7) is -0.0310. The van der Waals surface area contributed by atoms with Crippen molar-refractivity contribution in [2.75, 3.05) is 5.32 Å². The summed E-state index contributed by atoms with van der Waals surface area (Å²) in [5.41, 5.74) is 1.01. The number of nitriles is 1. The molecule has 0 aromatic heterocycles. The van der Waals surface area contributed by atoms with E-state index in [-0.39, 0.29) is 17.9 Å². The molecule has 0 bridgehead atoms. The molecule has 150 valence electrons. The number of hydrogen-bond donors (Lipinski definition) is 2. The van der Waals surface area contributed by atoms with Crippen molar-refractivity contribution >= 4 is 29.3 Å². The van der Waals surface area contributed by atoms with Crippen molar-refractivity contribution in [3.8, 4) is 17.6 Å². The van der Waals surface area contributed by atoms with Crippen molar-refractivity contribution in [2.24, 2.45) is 0 Å². The van der Waals surface area contributed by atoms with Gasteiger partial charge in [0.2, 0.25) is 0 Å². The molecule has 3 aromatic rings. The lowest BCUT2D eigenvalue weighted by Gasteiger charge is -2.11. The molecule has 0 fully saturated rings. The van der Waals surface area contributed by atoms with Crippen LogP contribution in [0.1, 0.15) is 11.1 Å². The first-order valence-electron chi connectivity index (χ1n) is 8.84. The molecule has 0 unspecified atom stereocenters. The van der Waals surface area contributed by atoms with Gasteiger partial charge in [0.1, 0.15) is 35.6 Å². The molecule has 0 aliphatic carbocycles. The SMILES string of the molecule is N#C/C(=C\c1cc(Cl)ccc1OCc1ccccc1F)C(=O)Nc1ccc(O)cc1. The minimum atomic E-state index is -0.636. The highest BCUT2D eigenvalue weighted by Crippen LogP contribution is 2.27. The molecule has 0 radical (unpaired) electrons. The Kier molecular flexibility index (Phi) is 6.68. The highest BCUT2D eigenvalue weighted by Gasteiger charge is 2.13. The molecule has 0 spiro atoms. The van der Waals surface area contributed by atoms with Gasteiger partial charge in [-0.05, 0) is 54.6 Å². The van der Waals surface area contributed by atoms with Gasteiger partial charge < -0.3 is 15.2 Å². The van der Waals surface area contributed by atoms with Crippen LogP contribution in [0.15, 0.2) is 72.3 Å². The summed E-state index contributed by atoms with van der Waals surface area (Å²) in [6.07, 6.45) is 1.35. The van der Waals surface area contributed by atoms with Gasteiger partial charge in [-0.15, -0.1) is 0 Å². The van der Waals surface area contributed by atoms with Crippen molar-refractivity contribution in [3.05, 3.63) is 94.3 Å². The van der Waals surface area contributed by atoms with E-state index >= 15 is 0 Å². The number of nitrogens with zero attached hydrogens (tertiary/aromatic N) is 1. The van der Waals surface area contributed by atoms with Crippen LogP contribution in [0.3, 0.4) is 0 Å². The van der Waals surface area contributed by atoms with E-state index in [0.29, 0.717) is 27.6 Å². The van der Waals surface area contributed by atoms with Gasteiger partial charge in [0.05, 0.1) is 0 Å². The maximum Gasteiger partial charge on any atom is 0.266 e. The first-order valence-corrected chi connectivity index (χ1v) is 9.22. The third kappa shape index (κ3) is 5.37. The minimum absolute atomic E-state index is 0.0310. The lowest BCUT2D eigenvalue weighted by atomic mass is 10.1. The molecule has 5 nitrogen and oxygen atoms in total. The van der Waals surface area contributed by atoms with Crippen molar-refractivity contribution in [1.29, 1.82) is 5.26 Å². The van der Waals surface area contributed by atoms with E-state index in [1.165, 1.54) is 36.4 Å². The zero-order valence-electron chi connectivity index (χ0n) is 15.6. The zero-order valence-corrected chi connectivity index (χ0v) is 16.4. The number of phenols is 1. The van der Waals surface area contributed by atoms with Crippen molar-refractivity contribution in [3.63, 3.8) is 0 Å². The Hall–Kier alpha value is -3.82. The summed E-state index contributed by atoms with van der Waals surface area (Å²) in [5.74, 6) is -0.634. The first-order chi connectivity index (χ1) is 14.5. The first kappa shape index (κ1) is 20.9. The van der Waals surface area contributed by atoms with Crippen molar-refractivity contribution < 1.29 is 19.0 Å². The van der Waals surface area contributed by atoms with Crippen molar-refractivity contribution in [2.45, 2.75) is 6.61 Å². The number of nitrogens with one attached hydrogen (secondary N) is 1. The molecule has 0 atom stereocenters. The van der Waals surface area contributed by atoms with Crippen LogP contribution in [0.2, 0.25) is 5.02 Å². The number of ether oxygens (including phenoxy) is 1. The monoisotopic (exact) mass is 422 g/mol. The number of benzene rings is 3. The van der Waals surface area contributed by atoms with E-state index in [4.69, 9.17) is 16.3 Å². The predicted octanol–water partition coefficient (Wildman–Crippen LogP) is 5.31. The van der Waals surface area contributed by atoms with Gasteiger partial charge in [-0.1, -0.05) is 29.8 Å². The molecule has 0 saturated carbocycles. The molecule has 0 aliphatic heterocycles. The molecule has 2 N–H and O–H groups in total. The number of carbonyl (C=O) groups excluding carboxylic acids is 1. The molecular weight excluding hydrogens is 407 g/mol. The van der Waals surface area contributed by atoms with Gasteiger partial charge in [-0.25, -0.2) is 4.39 Å². The van der Waals surface area contributed by atoms with E-state index in [0.717, 1.165) is 0 Å². The fourth-order valence-electron chi connectivity index (χ4n) is 2.58. The Balaban J connectivity index is 1.83. The Morgan fingerprint density at radius 3 is 2.60 bits per heavy atom. The summed E-state index contributed by atoms with van der Waals surface area (Å²) in [5, 5.41) is 21.7. The Morgan fingerprint density at radius 1 is 1.17 bits per heavy atom. The largest absolute Gasteiger partial charge is 0.508 e. The average Bonchev–Trinajstić information content (AvgIpc) is 2.74. The Bertz CT molecular complexity index is 1140. The number of hydrogen-bond acceptors (Lipinski definition) is 4. The lowest BCUT2D eigenvalue weighted by Crippen LogP contribution is -2.13. The van der Waals surface area contributed by atoms with Gasteiger partial charge in [0, 0.05) is 21.8 Å². The topological polar surface area (TPSA) is 82.3 Å². The number of amides is 1. The van der Waals surface area contributed by atoms with Gasteiger partial charge >= 0.3 is 0 Å². The number of aromatic hydroxyl groups is 1. The van der Waals surface area contributed by atoms with Crippen LogP contribution < -0.4 is 10.1 Å². The quantitative estimate of drug-likeness (QED) is 0.320. The third-order valence-electron chi connectivity index (χ3n) is 4.10. The summed E-state index contributed by atoms with van der Waals surface area (Å²) in [6, 6.07) is 18.6. The average molecular weight is 423 g/mol. The number of halogens is 2. The normalized spacial score (nSPS) is 10.9. The molecule has 3 rings (SSSR count). The fourth-order valence-corrected chi connectivity index (χ4v) is 2.76. The van der Waals surface area contributed by atoms with Crippen LogP contribution >= 0.6 is 11.6 Å². The maximum absolute atomic E-state index is 13.8. The standard InChI is InChI=1S/C23H16ClFN2O3/c24-18-5-10-22(30-14-15-3-1-2-4-21(15)25)16(12-18)11-17(13-26)23(29)27-19-6-8-20(28)9-7-19/h1-12,28H,14H2,(H,27,29)/b17-11+. The molecule has 0 saturated heterocycles. The fraction of sp³-hybridized carbons (Fsp3) is 0.0435. The molecular formula is C23H16ClFN2O3. The minimum Gasteiger partial charge on any atom is -0.508 e.